The average molecular weight is 174 g/mol. The van der Waals surface area contributed by atoms with Crippen molar-refractivity contribution in [3.05, 3.63) is 0 Å². The lowest BCUT2D eigenvalue weighted by molar-refractivity contribution is -0.341. The summed E-state index contributed by atoms with van der Waals surface area (Å²) in [5, 5.41) is 0. The molecule has 0 rings (SSSR count). The van der Waals surface area contributed by atoms with Crippen molar-refractivity contribution in [2.45, 2.75) is 12.8 Å². The van der Waals surface area contributed by atoms with Crippen molar-refractivity contribution in [3.8, 4) is 0 Å². The van der Waals surface area contributed by atoms with Crippen molar-refractivity contribution in [1.29, 1.82) is 0 Å². The number of hydrogen-bond donors (Lipinski definition) is 0. The van der Waals surface area contributed by atoms with E-state index in [9.17, 15) is 23.1 Å². The van der Waals surface area contributed by atoms with E-state index in [1.165, 1.54) is 0 Å². The van der Waals surface area contributed by atoms with Gasteiger partial charge in [0.15, 0.2) is 0 Å². The Morgan fingerprint density at radius 3 is 2.30 bits per heavy atom. The largest absolute Gasteiger partial charge is 0.790 e. The van der Waals surface area contributed by atoms with Gasteiger partial charge in [-0.2, -0.15) is 0 Å². The molecule has 0 aliphatic heterocycles. The molecule has 0 radical (unpaired) electrons. The van der Waals surface area contributed by atoms with Gasteiger partial charge in [0, 0.05) is 6.42 Å². The molecule has 4 nitrogen and oxygen atoms in total. The second kappa shape index (κ2) is 3.98. The summed E-state index contributed by atoms with van der Waals surface area (Å²) in [4.78, 5) is 19.2. The second-order valence-electron chi connectivity index (χ2n) is 1.46. The molecule has 0 amide bonds. The van der Waals surface area contributed by atoms with Crippen LogP contribution in [0.3, 0.4) is 0 Å². The lowest BCUT2D eigenvalue weighted by Crippen LogP contribution is -2.17. The van der Waals surface area contributed by atoms with Crippen LogP contribution in [0.4, 0.5) is 8.78 Å². The van der Waals surface area contributed by atoms with Crippen LogP contribution >= 0.6 is 7.82 Å². The molecule has 0 aliphatic rings. The molecule has 10 heavy (non-hydrogen) atoms. The zero-order valence-corrected chi connectivity index (χ0v) is 5.72. The summed E-state index contributed by atoms with van der Waals surface area (Å²) in [7, 11) is -5.06. The lowest BCUT2D eigenvalue weighted by Gasteiger charge is -2.28. The highest BCUT2D eigenvalue weighted by Gasteiger charge is 2.01. The van der Waals surface area contributed by atoms with E-state index in [0.717, 1.165) is 0 Å². The number of rotatable bonds is 4. The summed E-state index contributed by atoms with van der Waals surface area (Å²) in [6.45, 7) is -0.748. The van der Waals surface area contributed by atoms with Crippen LogP contribution in [0.15, 0.2) is 0 Å². The number of phosphoric ester groups is 1. The SMILES string of the molecule is O=P([O-])([O-])OCCC(F)F. The maximum Gasteiger partial charge on any atom is 0.240 e. The van der Waals surface area contributed by atoms with Crippen molar-refractivity contribution < 1.29 is 27.7 Å². The van der Waals surface area contributed by atoms with Gasteiger partial charge in [0.25, 0.3) is 0 Å². The molecular weight excluding hydrogens is 169 g/mol. The fourth-order valence-corrected chi connectivity index (χ4v) is 0.583. The Balaban J connectivity index is 3.30. The molecule has 62 valence electrons. The van der Waals surface area contributed by atoms with Crippen LogP contribution in [0.1, 0.15) is 6.42 Å². The van der Waals surface area contributed by atoms with E-state index < -0.39 is 27.3 Å². The first kappa shape index (κ1) is 9.97. The molecule has 0 aromatic heterocycles. The fourth-order valence-electron chi connectivity index (χ4n) is 0.254. The third-order valence-electron chi connectivity index (χ3n) is 0.585. The maximum atomic E-state index is 11.2. The van der Waals surface area contributed by atoms with E-state index in [-0.39, 0.29) is 0 Å². The van der Waals surface area contributed by atoms with Gasteiger partial charge in [0.05, 0.1) is 14.4 Å². The quantitative estimate of drug-likeness (QED) is 0.538. The number of alkyl halides is 2. The van der Waals surface area contributed by atoms with E-state index in [1.807, 2.05) is 0 Å². The van der Waals surface area contributed by atoms with E-state index in [0.29, 0.717) is 0 Å². The van der Waals surface area contributed by atoms with Crippen molar-refractivity contribution in [1.82, 2.24) is 0 Å². The minimum atomic E-state index is -5.06. The normalized spacial score (nSPS) is 12.5. The van der Waals surface area contributed by atoms with Crippen LogP contribution in [0.25, 0.3) is 0 Å². The predicted molar refractivity (Wildman–Crippen MR) is 24.2 cm³/mol. The van der Waals surface area contributed by atoms with E-state index in [2.05, 4.69) is 4.52 Å². The highest BCUT2D eigenvalue weighted by atomic mass is 31.2. The maximum absolute atomic E-state index is 11.2. The van der Waals surface area contributed by atoms with Gasteiger partial charge in [-0.15, -0.1) is 0 Å². The highest BCUT2D eigenvalue weighted by Crippen LogP contribution is 2.24. The topological polar surface area (TPSA) is 72.4 Å². The lowest BCUT2D eigenvalue weighted by atomic mass is 10.5. The molecule has 0 saturated heterocycles. The van der Waals surface area contributed by atoms with Gasteiger partial charge in [0.1, 0.15) is 0 Å². The van der Waals surface area contributed by atoms with Crippen molar-refractivity contribution >= 4 is 7.82 Å². The van der Waals surface area contributed by atoms with Crippen molar-refractivity contribution in [2.75, 3.05) is 6.61 Å². The Kier molecular flexibility index (Phi) is 3.96. The first-order valence-corrected chi connectivity index (χ1v) is 3.82. The van der Waals surface area contributed by atoms with E-state index >= 15 is 0 Å². The minimum absolute atomic E-state index is 0.742. The van der Waals surface area contributed by atoms with Gasteiger partial charge < -0.3 is 18.9 Å². The van der Waals surface area contributed by atoms with Gasteiger partial charge in [-0.1, -0.05) is 0 Å². The standard InChI is InChI=1S/C3H7F2O4P/c4-3(5)1-2-9-10(6,7)8/h3H,1-2H2,(H2,6,7,8)/p-2. The van der Waals surface area contributed by atoms with Gasteiger partial charge in [0.2, 0.25) is 6.43 Å². The van der Waals surface area contributed by atoms with Crippen LogP contribution in [0.5, 0.6) is 0 Å². The molecule has 0 N–H and O–H groups in total. The van der Waals surface area contributed by atoms with Crippen LogP contribution in [-0.4, -0.2) is 13.0 Å². The summed E-state index contributed by atoms with van der Waals surface area (Å²) in [6.07, 6.45) is -3.39. The second-order valence-corrected chi connectivity index (χ2v) is 2.61. The van der Waals surface area contributed by atoms with Gasteiger partial charge in [-0.25, -0.2) is 8.78 Å². The number of hydrogen-bond acceptors (Lipinski definition) is 4. The van der Waals surface area contributed by atoms with Crippen LogP contribution < -0.4 is 9.79 Å². The predicted octanol–water partition coefficient (Wildman–Crippen LogP) is -0.513. The molecule has 0 bridgehead atoms. The van der Waals surface area contributed by atoms with Crippen molar-refractivity contribution in [3.63, 3.8) is 0 Å². The molecule has 0 spiro atoms. The third-order valence-corrected chi connectivity index (χ3v) is 1.08. The summed E-state index contributed by atoms with van der Waals surface area (Å²) < 4.78 is 35.6. The number of phosphoric acid groups is 1. The molecule has 0 fully saturated rings. The molecule has 7 heteroatoms. The molecule has 0 atom stereocenters. The fraction of sp³-hybridized carbons (Fsp3) is 1.00. The number of halogens is 2. The zero-order valence-electron chi connectivity index (χ0n) is 4.83. The smallest absolute Gasteiger partial charge is 0.240 e. The minimum Gasteiger partial charge on any atom is -0.790 e. The van der Waals surface area contributed by atoms with Crippen LogP contribution in [-0.2, 0) is 9.09 Å². The monoisotopic (exact) mass is 174 g/mol. The van der Waals surface area contributed by atoms with E-state index in [1.54, 1.807) is 0 Å². The average Bonchev–Trinajstić information content (AvgIpc) is 1.59. The molecule has 0 unspecified atom stereocenters. The van der Waals surface area contributed by atoms with Gasteiger partial charge >= 0.3 is 0 Å². The Labute approximate surface area is 56.1 Å². The Morgan fingerprint density at radius 1 is 1.50 bits per heavy atom. The summed E-state index contributed by atoms with van der Waals surface area (Å²) >= 11 is 0. The van der Waals surface area contributed by atoms with E-state index in [4.69, 9.17) is 0 Å². The molecule has 0 heterocycles. The highest BCUT2D eigenvalue weighted by molar-refractivity contribution is 7.43. The van der Waals surface area contributed by atoms with Crippen LogP contribution in [0, 0.1) is 0 Å². The Morgan fingerprint density at radius 2 is 2.00 bits per heavy atom. The summed E-state index contributed by atoms with van der Waals surface area (Å²) in [5.74, 6) is 0. The molecule has 0 saturated carbocycles. The molecule has 0 aromatic rings. The first-order chi connectivity index (χ1) is 4.42. The Bertz CT molecular complexity index is 132. The van der Waals surface area contributed by atoms with Gasteiger partial charge in [-0.3, -0.25) is 0 Å². The van der Waals surface area contributed by atoms with Gasteiger partial charge in [-0.05, 0) is 0 Å². The molecular formula is C3H5F2O4P-2. The zero-order chi connectivity index (χ0) is 8.20. The summed E-state index contributed by atoms with van der Waals surface area (Å²) in [6, 6.07) is 0. The molecule has 0 aliphatic carbocycles. The summed E-state index contributed by atoms with van der Waals surface area (Å²) in [5.41, 5.74) is 0. The van der Waals surface area contributed by atoms with Crippen molar-refractivity contribution in [2.24, 2.45) is 0 Å². The first-order valence-electron chi connectivity index (χ1n) is 2.36. The molecule has 0 aromatic carbocycles. The third kappa shape index (κ3) is 7.97. The Hall–Kier alpha value is -0.0300. The van der Waals surface area contributed by atoms with Crippen LogP contribution in [0.2, 0.25) is 0 Å².